The molecule has 4 rings (SSSR count). The van der Waals surface area contributed by atoms with Crippen LogP contribution in [0.5, 0.6) is 11.5 Å². The van der Waals surface area contributed by atoms with E-state index in [1.54, 1.807) is 14.2 Å². The Kier molecular flexibility index (Phi) is 12.2. The molecule has 7 heteroatoms. The predicted molar refractivity (Wildman–Crippen MR) is 191 cm³/mol. The molecule has 3 aromatic carbocycles. The maximum Gasteiger partial charge on any atom is 0.261 e. The number of hydrogen-bond acceptors (Lipinski definition) is 5. The van der Waals surface area contributed by atoms with E-state index >= 15 is 0 Å². The van der Waals surface area contributed by atoms with Crippen LogP contribution in [0.2, 0.25) is 5.04 Å². The van der Waals surface area contributed by atoms with Gasteiger partial charge >= 0.3 is 0 Å². The number of rotatable bonds is 12. The van der Waals surface area contributed by atoms with Crippen molar-refractivity contribution in [3.05, 3.63) is 94.1 Å². The maximum absolute atomic E-state index is 7.25. The first-order valence-corrected chi connectivity index (χ1v) is 18.7. The lowest BCUT2D eigenvalue weighted by Crippen LogP contribution is -2.66. The van der Waals surface area contributed by atoms with Crippen molar-refractivity contribution in [2.75, 3.05) is 20.8 Å². The Balaban J connectivity index is 1.58. The Labute approximate surface area is 279 Å². The zero-order valence-electron chi connectivity index (χ0n) is 27.5. The van der Waals surface area contributed by atoms with Crippen LogP contribution < -0.4 is 19.8 Å². The third-order valence-electron chi connectivity index (χ3n) is 9.07. The van der Waals surface area contributed by atoms with Crippen LogP contribution in [0.3, 0.4) is 0 Å². The van der Waals surface area contributed by atoms with Gasteiger partial charge in [0.15, 0.2) is 11.5 Å². The molecule has 0 spiro atoms. The molecule has 0 amide bonds. The fraction of sp³-hybridized carbons (Fsp3) is 0.459. The third-order valence-corrected chi connectivity index (χ3v) is 15.1. The first-order chi connectivity index (χ1) is 21.1. The zero-order chi connectivity index (χ0) is 31.9. The van der Waals surface area contributed by atoms with Gasteiger partial charge in [-0.2, -0.15) is 0 Å². The molecule has 44 heavy (non-hydrogen) atoms. The van der Waals surface area contributed by atoms with E-state index in [0.29, 0.717) is 24.7 Å². The molecule has 238 valence electrons. The van der Waals surface area contributed by atoms with E-state index in [4.69, 9.17) is 23.4 Å². The molecule has 5 atom stereocenters. The topological polar surface area (TPSA) is 46.2 Å². The number of halogens is 1. The lowest BCUT2D eigenvalue weighted by atomic mass is 9.80. The van der Waals surface area contributed by atoms with Crippen molar-refractivity contribution >= 4 is 41.3 Å². The Morgan fingerprint density at radius 2 is 1.45 bits per heavy atom. The van der Waals surface area contributed by atoms with Gasteiger partial charge in [0.25, 0.3) is 8.32 Å². The van der Waals surface area contributed by atoms with Crippen molar-refractivity contribution in [1.82, 2.24) is 0 Å². The summed E-state index contributed by atoms with van der Waals surface area (Å²) in [4.78, 5) is 0. The molecule has 0 radical (unpaired) electrons. The van der Waals surface area contributed by atoms with Gasteiger partial charge < -0.3 is 23.4 Å². The van der Waals surface area contributed by atoms with E-state index in [1.165, 1.54) is 15.9 Å². The Morgan fingerprint density at radius 3 is 1.98 bits per heavy atom. The zero-order valence-corrected chi connectivity index (χ0v) is 30.7. The van der Waals surface area contributed by atoms with Gasteiger partial charge in [-0.15, -0.1) is 0 Å². The van der Waals surface area contributed by atoms with Gasteiger partial charge in [-0.1, -0.05) is 124 Å². The largest absolute Gasteiger partial charge is 0.493 e. The standard InChI is InChI=1S/C37H49IO5Si/c1-26(24-38)35-28(3)36(41-25-29-19-20-33(39-7)34(23-29)40-8)27(2)32(43-35)21-22-42-44(37(4,5)6,30-15-11-9-12-16-30)31-17-13-10-14-18-31/h9-20,23-24,27-28,32,35-36H,21-22,25H2,1-8H3/b26-24+/t27-,28-,32+,35-,36-/m0/s1. The SMILES string of the molecule is COc1ccc(CO[C@H]2[C@@H](C)[C@@H](CCO[Si](c3ccccc3)(c3ccccc3)C(C)(C)C)O[C@@H](/C(C)=C/I)[C@@H]2C)cc1OC. The van der Waals surface area contributed by atoms with E-state index in [2.05, 4.69) is 129 Å². The first-order valence-electron chi connectivity index (χ1n) is 15.6. The van der Waals surface area contributed by atoms with Crippen molar-refractivity contribution < 1.29 is 23.4 Å². The average molecular weight is 729 g/mol. The number of hydrogen-bond donors (Lipinski definition) is 0. The van der Waals surface area contributed by atoms with E-state index in [1.807, 2.05) is 18.2 Å². The van der Waals surface area contributed by atoms with Crippen LogP contribution in [-0.4, -0.2) is 47.5 Å². The number of methoxy groups -OCH3 is 2. The number of ether oxygens (including phenoxy) is 4. The molecule has 1 heterocycles. The Bertz CT molecular complexity index is 1320. The Morgan fingerprint density at radius 1 is 0.864 bits per heavy atom. The summed E-state index contributed by atoms with van der Waals surface area (Å²) in [5.74, 6) is 1.81. The van der Waals surface area contributed by atoms with Gasteiger partial charge in [0.1, 0.15) is 0 Å². The van der Waals surface area contributed by atoms with Crippen LogP contribution in [-0.2, 0) is 20.5 Å². The van der Waals surface area contributed by atoms with Crippen molar-refractivity contribution in [2.45, 2.75) is 77.9 Å². The van der Waals surface area contributed by atoms with E-state index < -0.39 is 8.32 Å². The summed E-state index contributed by atoms with van der Waals surface area (Å²) >= 11 is 2.32. The van der Waals surface area contributed by atoms with Gasteiger partial charge in [0.05, 0.1) is 39.1 Å². The van der Waals surface area contributed by atoms with Crippen LogP contribution >= 0.6 is 22.6 Å². The van der Waals surface area contributed by atoms with E-state index in [0.717, 1.165) is 12.0 Å². The second-order valence-corrected chi connectivity index (χ2v) is 17.9. The van der Waals surface area contributed by atoms with Gasteiger partial charge in [-0.05, 0) is 56.1 Å². The molecule has 0 N–H and O–H groups in total. The molecular formula is C37H49IO5Si. The maximum atomic E-state index is 7.25. The second kappa shape index (κ2) is 15.4. The molecule has 5 nitrogen and oxygen atoms in total. The molecule has 3 aromatic rings. The minimum Gasteiger partial charge on any atom is -0.493 e. The molecule has 1 fully saturated rings. The smallest absolute Gasteiger partial charge is 0.261 e. The van der Waals surface area contributed by atoms with Gasteiger partial charge in [0, 0.05) is 18.4 Å². The van der Waals surface area contributed by atoms with Gasteiger partial charge in [0.2, 0.25) is 0 Å². The summed E-state index contributed by atoms with van der Waals surface area (Å²) in [7, 11) is 0.684. The van der Waals surface area contributed by atoms with Crippen LogP contribution in [0.1, 0.15) is 53.5 Å². The Hall–Kier alpha value is -2.17. The summed E-state index contributed by atoms with van der Waals surface area (Å²) in [6.07, 6.45) is 0.790. The van der Waals surface area contributed by atoms with E-state index in [-0.39, 0.29) is 35.2 Å². The molecule has 0 saturated carbocycles. The molecule has 1 aliphatic rings. The fourth-order valence-electron chi connectivity index (χ4n) is 6.77. The molecule has 1 saturated heterocycles. The van der Waals surface area contributed by atoms with Gasteiger partial charge in [-0.25, -0.2) is 0 Å². The minimum atomic E-state index is -2.63. The van der Waals surface area contributed by atoms with Crippen LogP contribution in [0, 0.1) is 11.8 Å². The summed E-state index contributed by atoms with van der Waals surface area (Å²) in [6, 6.07) is 27.6. The van der Waals surface area contributed by atoms with Crippen molar-refractivity contribution in [3.8, 4) is 11.5 Å². The van der Waals surface area contributed by atoms with E-state index in [9.17, 15) is 0 Å². The summed E-state index contributed by atoms with van der Waals surface area (Å²) in [5, 5.41) is 2.52. The van der Waals surface area contributed by atoms with Crippen molar-refractivity contribution in [3.63, 3.8) is 0 Å². The molecule has 0 aromatic heterocycles. The highest BCUT2D eigenvalue weighted by atomic mass is 127. The first kappa shape index (κ1) is 34.7. The summed E-state index contributed by atoms with van der Waals surface area (Å²) in [5.41, 5.74) is 2.28. The monoisotopic (exact) mass is 728 g/mol. The van der Waals surface area contributed by atoms with Crippen LogP contribution in [0.15, 0.2) is 88.5 Å². The summed E-state index contributed by atoms with van der Waals surface area (Å²) < 4.78 is 33.9. The van der Waals surface area contributed by atoms with Crippen LogP contribution in [0.25, 0.3) is 0 Å². The molecule has 0 aliphatic carbocycles. The molecule has 1 aliphatic heterocycles. The molecular weight excluding hydrogens is 679 g/mol. The highest BCUT2D eigenvalue weighted by Crippen LogP contribution is 2.40. The number of benzene rings is 3. The lowest BCUT2D eigenvalue weighted by Gasteiger charge is -2.46. The summed E-state index contributed by atoms with van der Waals surface area (Å²) in [6.45, 7) is 14.7. The fourth-order valence-corrected chi connectivity index (χ4v) is 11.7. The minimum absolute atomic E-state index is 0.00359. The third kappa shape index (κ3) is 7.44. The van der Waals surface area contributed by atoms with Crippen molar-refractivity contribution in [2.24, 2.45) is 11.8 Å². The highest BCUT2D eigenvalue weighted by molar-refractivity contribution is 14.1. The van der Waals surface area contributed by atoms with Crippen molar-refractivity contribution in [1.29, 1.82) is 0 Å². The predicted octanol–water partition coefficient (Wildman–Crippen LogP) is 7.93. The quantitative estimate of drug-likeness (QED) is 0.140. The average Bonchev–Trinajstić information content (AvgIpc) is 3.03. The highest BCUT2D eigenvalue weighted by Gasteiger charge is 2.50. The second-order valence-electron chi connectivity index (χ2n) is 12.9. The normalized spacial score (nSPS) is 22.9. The van der Waals surface area contributed by atoms with Gasteiger partial charge in [-0.3, -0.25) is 0 Å². The molecule has 0 unspecified atom stereocenters. The van der Waals surface area contributed by atoms with Crippen LogP contribution in [0.4, 0.5) is 0 Å². The lowest BCUT2D eigenvalue weighted by molar-refractivity contribution is -0.176. The molecule has 0 bridgehead atoms.